The Kier molecular flexibility index (Phi) is 11.1. The Morgan fingerprint density at radius 2 is 1.79 bits per heavy atom. The summed E-state index contributed by atoms with van der Waals surface area (Å²) >= 11 is 0. The number of hydrogen-bond acceptors (Lipinski definition) is 10. The first-order valence-corrected chi connectivity index (χ1v) is 18.9. The van der Waals surface area contributed by atoms with Crippen molar-refractivity contribution in [3.63, 3.8) is 0 Å². The highest BCUT2D eigenvalue weighted by atomic mass is 32.2. The van der Waals surface area contributed by atoms with Gasteiger partial charge in [0.2, 0.25) is 11.8 Å². The summed E-state index contributed by atoms with van der Waals surface area (Å²) in [6, 6.07) is 3.11. The van der Waals surface area contributed by atoms with Crippen LogP contribution in [0.2, 0.25) is 0 Å². The number of hydrogen-bond donors (Lipinski definition) is 3. The van der Waals surface area contributed by atoms with Crippen LogP contribution in [0.3, 0.4) is 0 Å². The first-order valence-electron chi connectivity index (χ1n) is 17.5. The lowest BCUT2D eigenvalue weighted by Crippen LogP contribution is -2.60. The van der Waals surface area contributed by atoms with Crippen LogP contribution in [0.15, 0.2) is 37.1 Å². The van der Waals surface area contributed by atoms with Crippen LogP contribution in [-0.2, 0) is 29.3 Å². The summed E-state index contributed by atoms with van der Waals surface area (Å²) in [6.07, 6.45) is 5.02. The Bertz CT molecular complexity index is 1840. The molecule has 0 bridgehead atoms. The van der Waals surface area contributed by atoms with Crippen molar-refractivity contribution in [1.82, 2.24) is 29.5 Å². The molecule has 3 fully saturated rings. The number of ether oxygens (including phenoxy) is 3. The molecule has 3 N–H and O–H groups in total. The maximum absolute atomic E-state index is 14.5. The average Bonchev–Trinajstić information content (AvgIpc) is 3.34. The third-order valence-corrected chi connectivity index (χ3v) is 11.5. The number of carbonyl (C=O) groups excluding carboxylic acids is 4. The number of pyridine rings is 1. The van der Waals surface area contributed by atoms with Crippen molar-refractivity contribution in [2.45, 2.75) is 96.1 Å². The maximum atomic E-state index is 14.5. The van der Waals surface area contributed by atoms with Crippen molar-refractivity contribution in [2.75, 3.05) is 27.7 Å². The number of nitrogens with zero attached hydrogens (tertiary/aromatic N) is 3. The predicted molar refractivity (Wildman–Crippen MR) is 193 cm³/mol. The molecule has 1 aromatic heterocycles. The molecule has 1 aliphatic heterocycles. The smallest absolute Gasteiger partial charge is 0.408 e. The first-order chi connectivity index (χ1) is 24.4. The van der Waals surface area contributed by atoms with Crippen LogP contribution < -0.4 is 24.8 Å². The van der Waals surface area contributed by atoms with Gasteiger partial charge in [0.25, 0.3) is 5.91 Å². The normalized spacial score (nSPS) is 23.9. The number of fused-ring (bicyclic) bond motifs is 1. The highest BCUT2D eigenvalue weighted by Gasteiger charge is 2.61. The van der Waals surface area contributed by atoms with Crippen molar-refractivity contribution < 1.29 is 41.8 Å². The van der Waals surface area contributed by atoms with Crippen LogP contribution >= 0.6 is 0 Å². The van der Waals surface area contributed by atoms with Gasteiger partial charge >= 0.3 is 16.3 Å². The zero-order valence-electron chi connectivity index (χ0n) is 30.9. The van der Waals surface area contributed by atoms with E-state index in [2.05, 4.69) is 22.2 Å². The Morgan fingerprint density at radius 1 is 1.10 bits per heavy atom. The molecule has 0 spiro atoms. The van der Waals surface area contributed by atoms with E-state index in [-0.39, 0.29) is 25.5 Å². The van der Waals surface area contributed by atoms with Crippen molar-refractivity contribution in [2.24, 2.45) is 11.3 Å². The molecule has 5 atom stereocenters. The van der Waals surface area contributed by atoms with E-state index in [1.807, 2.05) is 23.8 Å². The topological polar surface area (TPSA) is 186 Å². The van der Waals surface area contributed by atoms with E-state index in [1.165, 1.54) is 25.1 Å². The van der Waals surface area contributed by atoms with E-state index < -0.39 is 69.1 Å². The number of benzene rings is 1. The minimum Gasteiger partial charge on any atom is -0.496 e. The van der Waals surface area contributed by atoms with E-state index in [0.29, 0.717) is 22.4 Å². The Hall–Kier alpha value is -4.44. The predicted octanol–water partition coefficient (Wildman–Crippen LogP) is 2.97. The number of amides is 4. The van der Waals surface area contributed by atoms with Gasteiger partial charge in [-0.15, -0.1) is 6.58 Å². The van der Waals surface area contributed by atoms with Crippen LogP contribution in [-0.4, -0.2) is 104 Å². The molecule has 2 aliphatic carbocycles. The van der Waals surface area contributed by atoms with Gasteiger partial charge in [-0.1, -0.05) is 26.8 Å². The molecule has 16 heteroatoms. The lowest BCUT2D eigenvalue weighted by molar-refractivity contribution is -0.143. The maximum Gasteiger partial charge on any atom is 0.408 e. The van der Waals surface area contributed by atoms with E-state index in [0.717, 1.165) is 35.6 Å². The molecule has 15 nitrogen and oxygen atoms in total. The standard InChI is InChI=1S/C36H50N6O9S/c1-9-22-19-36(22,33(45)40-52(47,48)41(6)7)39-31(43)26-18-24(50-28-16-17-37-29-21(2)27(49-8)15-14-25(28)29)20-42(26)32(44)30(35(3,4)5)38-34(46)51-23-12-10-11-13-23/h9,14-17,22-24,26,30H,1,10-13,18-20H2,2-8H3,(H,38,46)(H,39,43)(H,40,45)/t22-,24-,26-,30-,36-/m1/s1. The molecule has 2 saturated carbocycles. The van der Waals surface area contributed by atoms with Crippen LogP contribution in [0.5, 0.6) is 11.5 Å². The van der Waals surface area contributed by atoms with Gasteiger partial charge in [0.05, 0.1) is 19.2 Å². The van der Waals surface area contributed by atoms with Crippen molar-refractivity contribution in [3.8, 4) is 11.5 Å². The number of methoxy groups -OCH3 is 1. The van der Waals surface area contributed by atoms with Gasteiger partial charge in [0.15, 0.2) is 0 Å². The van der Waals surface area contributed by atoms with Gasteiger partial charge in [0, 0.05) is 43.6 Å². The Labute approximate surface area is 305 Å². The van der Waals surface area contributed by atoms with Gasteiger partial charge < -0.3 is 29.7 Å². The fourth-order valence-corrected chi connectivity index (χ4v) is 7.55. The second-order valence-corrected chi connectivity index (χ2v) is 16.9. The zero-order valence-corrected chi connectivity index (χ0v) is 31.7. The second-order valence-electron chi connectivity index (χ2n) is 15.1. The quantitative estimate of drug-likeness (QED) is 0.273. The summed E-state index contributed by atoms with van der Waals surface area (Å²) in [7, 11) is -0.0509. The number of nitrogens with one attached hydrogen (secondary N) is 3. The number of carbonyl (C=O) groups is 4. The van der Waals surface area contributed by atoms with Gasteiger partial charge in [-0.25, -0.2) is 9.52 Å². The van der Waals surface area contributed by atoms with Crippen LogP contribution in [0.25, 0.3) is 10.9 Å². The van der Waals surface area contributed by atoms with Crippen molar-refractivity contribution in [1.29, 1.82) is 0 Å². The molecule has 5 rings (SSSR count). The van der Waals surface area contributed by atoms with E-state index in [9.17, 15) is 27.6 Å². The minimum atomic E-state index is -4.17. The fraction of sp³-hybridized carbons (Fsp3) is 0.583. The largest absolute Gasteiger partial charge is 0.496 e. The van der Waals surface area contributed by atoms with E-state index >= 15 is 0 Å². The molecule has 2 aromatic rings. The zero-order chi connectivity index (χ0) is 38.2. The van der Waals surface area contributed by atoms with Crippen molar-refractivity contribution >= 4 is 44.9 Å². The average molecular weight is 743 g/mol. The first kappa shape index (κ1) is 38.8. The molecular weight excluding hydrogens is 692 g/mol. The Morgan fingerprint density at radius 3 is 2.38 bits per heavy atom. The van der Waals surface area contributed by atoms with Crippen LogP contribution in [0, 0.1) is 18.3 Å². The van der Waals surface area contributed by atoms with E-state index in [4.69, 9.17) is 14.2 Å². The highest BCUT2D eigenvalue weighted by Crippen LogP contribution is 2.45. The summed E-state index contributed by atoms with van der Waals surface area (Å²) in [4.78, 5) is 61.1. The lowest BCUT2D eigenvalue weighted by Gasteiger charge is -2.35. The molecule has 3 aliphatic rings. The molecular formula is C36H50N6O9S. The Balaban J connectivity index is 1.45. The van der Waals surface area contributed by atoms with Gasteiger partial charge in [-0.05, 0) is 62.6 Å². The van der Waals surface area contributed by atoms with Crippen LogP contribution in [0.4, 0.5) is 4.79 Å². The van der Waals surface area contributed by atoms with Gasteiger partial charge in [-0.2, -0.15) is 12.7 Å². The third-order valence-electron chi connectivity index (χ3n) is 10.1. The molecule has 2 heterocycles. The number of aryl methyl sites for hydroxylation is 1. The molecule has 52 heavy (non-hydrogen) atoms. The lowest BCUT2D eigenvalue weighted by atomic mass is 9.85. The molecule has 284 valence electrons. The summed E-state index contributed by atoms with van der Waals surface area (Å²) in [5.41, 5.74) is -0.911. The third kappa shape index (κ3) is 7.97. The van der Waals surface area contributed by atoms with Crippen molar-refractivity contribution in [3.05, 3.63) is 42.6 Å². The molecule has 1 aromatic carbocycles. The highest BCUT2D eigenvalue weighted by molar-refractivity contribution is 7.87. The van der Waals surface area contributed by atoms with E-state index in [1.54, 1.807) is 40.1 Å². The summed E-state index contributed by atoms with van der Waals surface area (Å²) < 4.78 is 45.6. The fourth-order valence-electron chi connectivity index (χ4n) is 6.96. The van der Waals surface area contributed by atoms with Gasteiger partial charge in [0.1, 0.15) is 41.3 Å². The number of alkyl carbamates (subject to hydrolysis) is 1. The molecule has 1 saturated heterocycles. The van der Waals surface area contributed by atoms with Crippen LogP contribution in [0.1, 0.15) is 64.9 Å². The number of likely N-dealkylation sites (tertiary alicyclic amines) is 1. The summed E-state index contributed by atoms with van der Waals surface area (Å²) in [5, 5.41) is 6.24. The number of aromatic nitrogens is 1. The molecule has 0 unspecified atom stereocenters. The molecule has 4 amide bonds. The molecule has 0 radical (unpaired) electrons. The summed E-state index contributed by atoms with van der Waals surface area (Å²) in [5.74, 6) is -1.54. The minimum absolute atomic E-state index is 0.0269. The number of rotatable bonds is 12. The van der Waals surface area contributed by atoms with Gasteiger partial charge in [-0.3, -0.25) is 19.4 Å². The SMILES string of the molecule is C=C[C@@H]1C[C@]1(NC(=O)[C@H]1C[C@@H](Oc2ccnc3c(C)c(OC)ccc23)CN1C(=O)[C@@H](NC(=O)OC1CCCC1)C(C)(C)C)C(=O)NS(=O)(=O)N(C)C. The second kappa shape index (κ2) is 14.9. The summed E-state index contributed by atoms with van der Waals surface area (Å²) in [6.45, 7) is 11.0. The monoisotopic (exact) mass is 742 g/mol.